The molecular formula is C8H14F3NS. The van der Waals surface area contributed by atoms with Crippen LogP contribution in [-0.2, 0) is 0 Å². The van der Waals surface area contributed by atoms with Crippen molar-refractivity contribution in [3.05, 3.63) is 0 Å². The highest BCUT2D eigenvalue weighted by Gasteiger charge is 2.26. The molecule has 1 rings (SSSR count). The zero-order valence-corrected chi connectivity index (χ0v) is 8.18. The Morgan fingerprint density at radius 2 is 2.15 bits per heavy atom. The van der Waals surface area contributed by atoms with Crippen LogP contribution in [-0.4, -0.2) is 30.8 Å². The monoisotopic (exact) mass is 213 g/mol. The maximum atomic E-state index is 11.7. The van der Waals surface area contributed by atoms with E-state index in [4.69, 9.17) is 0 Å². The van der Waals surface area contributed by atoms with Crippen LogP contribution in [0.1, 0.15) is 12.8 Å². The molecule has 1 nitrogen and oxygen atoms in total. The number of halogens is 3. The van der Waals surface area contributed by atoms with E-state index in [0.29, 0.717) is 5.92 Å². The molecule has 13 heavy (non-hydrogen) atoms. The molecule has 1 aliphatic rings. The summed E-state index contributed by atoms with van der Waals surface area (Å²) in [4.78, 5) is 0. The smallest absolute Gasteiger partial charge is 0.316 e. The summed E-state index contributed by atoms with van der Waals surface area (Å²) < 4.78 is 35.1. The molecule has 0 aliphatic carbocycles. The maximum absolute atomic E-state index is 11.7. The lowest BCUT2D eigenvalue weighted by molar-refractivity contribution is -0.133. The van der Waals surface area contributed by atoms with Crippen molar-refractivity contribution in [1.29, 1.82) is 0 Å². The second-order valence-corrected chi connectivity index (χ2v) is 4.45. The van der Waals surface area contributed by atoms with Gasteiger partial charge < -0.3 is 5.32 Å². The number of nitrogens with one attached hydrogen (secondary N) is 1. The van der Waals surface area contributed by atoms with Crippen molar-refractivity contribution in [1.82, 2.24) is 5.32 Å². The molecule has 1 aliphatic heterocycles. The summed E-state index contributed by atoms with van der Waals surface area (Å²) in [6.45, 7) is 0.799. The van der Waals surface area contributed by atoms with E-state index < -0.39 is 12.6 Å². The second kappa shape index (κ2) is 5.10. The Hall–Kier alpha value is 0.100. The molecule has 1 atom stereocenters. The first-order valence-electron chi connectivity index (χ1n) is 4.43. The Labute approximate surface area is 80.5 Å². The van der Waals surface area contributed by atoms with Crippen molar-refractivity contribution in [2.75, 3.05) is 24.6 Å². The molecule has 0 radical (unpaired) electrons. The molecule has 1 saturated heterocycles. The standard InChI is InChI=1S/C8H14F3NS/c9-8(10,11)2-3-12-5-7-1-4-13-6-7/h7,12H,1-6H2. The van der Waals surface area contributed by atoms with Gasteiger partial charge in [0, 0.05) is 6.54 Å². The van der Waals surface area contributed by atoms with Gasteiger partial charge in [0.05, 0.1) is 6.42 Å². The van der Waals surface area contributed by atoms with Gasteiger partial charge in [-0.15, -0.1) is 0 Å². The van der Waals surface area contributed by atoms with Crippen LogP contribution in [0.3, 0.4) is 0 Å². The van der Waals surface area contributed by atoms with E-state index in [0.717, 1.165) is 24.5 Å². The third-order valence-corrected chi connectivity index (χ3v) is 3.27. The third kappa shape index (κ3) is 5.41. The van der Waals surface area contributed by atoms with Gasteiger partial charge in [0.15, 0.2) is 0 Å². The minimum Gasteiger partial charge on any atom is -0.316 e. The fourth-order valence-corrected chi connectivity index (χ4v) is 2.57. The molecule has 0 saturated carbocycles. The maximum Gasteiger partial charge on any atom is 0.390 e. The largest absolute Gasteiger partial charge is 0.390 e. The van der Waals surface area contributed by atoms with E-state index in [1.807, 2.05) is 11.8 Å². The summed E-state index contributed by atoms with van der Waals surface area (Å²) in [5.41, 5.74) is 0. The zero-order valence-electron chi connectivity index (χ0n) is 7.36. The second-order valence-electron chi connectivity index (χ2n) is 3.30. The molecule has 1 heterocycles. The molecule has 78 valence electrons. The first-order chi connectivity index (χ1) is 6.08. The summed E-state index contributed by atoms with van der Waals surface area (Å²) in [6, 6.07) is 0. The Morgan fingerprint density at radius 3 is 2.69 bits per heavy atom. The lowest BCUT2D eigenvalue weighted by Gasteiger charge is -2.10. The van der Waals surface area contributed by atoms with Gasteiger partial charge in [-0.3, -0.25) is 0 Å². The SMILES string of the molecule is FC(F)(F)CCNCC1CCSC1. The average molecular weight is 213 g/mol. The fourth-order valence-electron chi connectivity index (χ4n) is 1.28. The van der Waals surface area contributed by atoms with Gasteiger partial charge in [-0.25, -0.2) is 0 Å². The van der Waals surface area contributed by atoms with Crippen LogP contribution >= 0.6 is 11.8 Å². The summed E-state index contributed by atoms with van der Waals surface area (Å²) in [5.74, 6) is 2.84. The van der Waals surface area contributed by atoms with E-state index in [-0.39, 0.29) is 6.54 Å². The lowest BCUT2D eigenvalue weighted by atomic mass is 10.1. The topological polar surface area (TPSA) is 12.0 Å². The van der Waals surface area contributed by atoms with Crippen LogP contribution in [0.5, 0.6) is 0 Å². The van der Waals surface area contributed by atoms with Crippen molar-refractivity contribution in [3.8, 4) is 0 Å². The molecule has 0 bridgehead atoms. The third-order valence-electron chi connectivity index (χ3n) is 2.04. The summed E-state index contributed by atoms with van der Waals surface area (Å²) >= 11 is 1.88. The highest BCUT2D eigenvalue weighted by atomic mass is 32.2. The van der Waals surface area contributed by atoms with E-state index in [9.17, 15) is 13.2 Å². The van der Waals surface area contributed by atoms with E-state index in [1.165, 1.54) is 0 Å². The molecule has 1 fully saturated rings. The van der Waals surface area contributed by atoms with Gasteiger partial charge in [0.1, 0.15) is 0 Å². The predicted molar refractivity (Wildman–Crippen MR) is 49.0 cm³/mol. The van der Waals surface area contributed by atoms with Crippen molar-refractivity contribution in [2.24, 2.45) is 5.92 Å². The van der Waals surface area contributed by atoms with E-state index >= 15 is 0 Å². The average Bonchev–Trinajstić information content (AvgIpc) is 2.48. The van der Waals surface area contributed by atoms with Crippen molar-refractivity contribution >= 4 is 11.8 Å². The van der Waals surface area contributed by atoms with Gasteiger partial charge >= 0.3 is 6.18 Å². The number of thioether (sulfide) groups is 1. The molecule has 5 heteroatoms. The minimum atomic E-state index is -4.02. The van der Waals surface area contributed by atoms with E-state index in [2.05, 4.69) is 5.32 Å². The minimum absolute atomic E-state index is 0.0602. The number of rotatable bonds is 4. The van der Waals surface area contributed by atoms with Gasteiger partial charge in [-0.05, 0) is 30.4 Å². The van der Waals surface area contributed by atoms with Crippen LogP contribution in [0, 0.1) is 5.92 Å². The van der Waals surface area contributed by atoms with Crippen molar-refractivity contribution < 1.29 is 13.2 Å². The van der Waals surface area contributed by atoms with Gasteiger partial charge in [0.2, 0.25) is 0 Å². The number of hydrogen-bond acceptors (Lipinski definition) is 2. The van der Waals surface area contributed by atoms with Crippen molar-refractivity contribution in [2.45, 2.75) is 19.0 Å². The molecule has 0 aromatic rings. The molecule has 1 N–H and O–H groups in total. The number of alkyl halides is 3. The van der Waals surface area contributed by atoms with Crippen LogP contribution in [0.25, 0.3) is 0 Å². The summed E-state index contributed by atoms with van der Waals surface area (Å²) in [7, 11) is 0. The molecule has 0 aromatic heterocycles. The number of hydrogen-bond donors (Lipinski definition) is 1. The Morgan fingerprint density at radius 1 is 1.38 bits per heavy atom. The molecule has 0 aromatic carbocycles. The van der Waals surface area contributed by atoms with Crippen LogP contribution in [0.2, 0.25) is 0 Å². The van der Waals surface area contributed by atoms with Crippen LogP contribution in [0.4, 0.5) is 13.2 Å². The first kappa shape index (κ1) is 11.2. The van der Waals surface area contributed by atoms with E-state index in [1.54, 1.807) is 0 Å². The predicted octanol–water partition coefficient (Wildman–Crippen LogP) is 2.28. The summed E-state index contributed by atoms with van der Waals surface area (Å²) in [5, 5.41) is 2.85. The van der Waals surface area contributed by atoms with Crippen molar-refractivity contribution in [3.63, 3.8) is 0 Å². The normalized spacial score (nSPS) is 23.8. The fraction of sp³-hybridized carbons (Fsp3) is 1.00. The highest BCUT2D eigenvalue weighted by Crippen LogP contribution is 2.22. The van der Waals surface area contributed by atoms with Crippen LogP contribution < -0.4 is 5.32 Å². The Balaban J connectivity index is 1.94. The lowest BCUT2D eigenvalue weighted by Crippen LogP contribution is -2.26. The molecule has 0 spiro atoms. The van der Waals surface area contributed by atoms with Gasteiger partial charge in [-0.2, -0.15) is 24.9 Å². The Kier molecular flexibility index (Phi) is 4.38. The van der Waals surface area contributed by atoms with Gasteiger partial charge in [0.25, 0.3) is 0 Å². The first-order valence-corrected chi connectivity index (χ1v) is 5.58. The highest BCUT2D eigenvalue weighted by molar-refractivity contribution is 7.99. The quantitative estimate of drug-likeness (QED) is 0.719. The van der Waals surface area contributed by atoms with Crippen LogP contribution in [0.15, 0.2) is 0 Å². The molecule has 1 unspecified atom stereocenters. The van der Waals surface area contributed by atoms with Gasteiger partial charge in [-0.1, -0.05) is 0 Å². The molecule has 0 amide bonds. The zero-order chi connectivity index (χ0) is 9.73. The Bertz CT molecular complexity index is 143. The summed E-state index contributed by atoms with van der Waals surface area (Å²) in [6.07, 6.45) is -3.59. The molecular weight excluding hydrogens is 199 g/mol.